The van der Waals surface area contributed by atoms with Gasteiger partial charge in [0, 0.05) is 13.1 Å². The van der Waals surface area contributed by atoms with Gasteiger partial charge in [-0.05, 0) is 31.9 Å². The van der Waals surface area contributed by atoms with E-state index in [-0.39, 0.29) is 6.10 Å². The predicted molar refractivity (Wildman–Crippen MR) is 74.4 cm³/mol. The summed E-state index contributed by atoms with van der Waals surface area (Å²) < 4.78 is 8.85. The molecule has 96 valence electrons. The molecule has 8 heteroatoms. The Morgan fingerprint density at radius 3 is 3.06 bits per heavy atom. The maximum atomic E-state index is 6.06. The third-order valence-corrected chi connectivity index (χ3v) is 4.21. The van der Waals surface area contributed by atoms with Gasteiger partial charge in [0.05, 0.1) is 27.4 Å². The molecule has 1 unspecified atom stereocenters. The van der Waals surface area contributed by atoms with Gasteiger partial charge in [-0.15, -0.1) is 0 Å². The maximum absolute atomic E-state index is 6.06. The van der Waals surface area contributed by atoms with E-state index >= 15 is 0 Å². The van der Waals surface area contributed by atoms with Crippen LogP contribution in [-0.2, 0) is 4.74 Å². The molecule has 3 heterocycles. The zero-order valence-electron chi connectivity index (χ0n) is 9.36. The molecule has 2 aromatic rings. The van der Waals surface area contributed by atoms with Crippen molar-refractivity contribution in [3.8, 4) is 0 Å². The number of hydrogen-bond acceptors (Lipinski definition) is 5. The molecule has 1 atom stereocenters. The highest BCUT2D eigenvalue weighted by molar-refractivity contribution is 9.11. The summed E-state index contributed by atoms with van der Waals surface area (Å²) in [6, 6.07) is 0. The number of fused-ring (bicyclic) bond motifs is 1. The van der Waals surface area contributed by atoms with Crippen LogP contribution in [0.3, 0.4) is 0 Å². The standard InChI is InChI=1S/C10H11Br2N5O/c11-5-3-15-17-9(13)7(12)8(16-10(5)17)6-4-14-1-2-18-6/h3,6,14H,1-2,4,13H2. The average molecular weight is 377 g/mol. The number of aromatic nitrogens is 3. The van der Waals surface area contributed by atoms with Gasteiger partial charge >= 0.3 is 0 Å². The number of nitrogens with zero attached hydrogens (tertiary/aromatic N) is 3. The van der Waals surface area contributed by atoms with Crippen molar-refractivity contribution in [1.82, 2.24) is 19.9 Å². The van der Waals surface area contributed by atoms with E-state index in [1.807, 2.05) is 0 Å². The number of nitrogen functional groups attached to an aromatic ring is 1. The smallest absolute Gasteiger partial charge is 0.172 e. The third-order valence-electron chi connectivity index (χ3n) is 2.84. The minimum atomic E-state index is -0.0952. The molecule has 3 rings (SSSR count). The molecule has 0 saturated carbocycles. The minimum Gasteiger partial charge on any atom is -0.383 e. The van der Waals surface area contributed by atoms with Gasteiger partial charge < -0.3 is 15.8 Å². The van der Waals surface area contributed by atoms with Gasteiger partial charge in [0.25, 0.3) is 0 Å². The summed E-state index contributed by atoms with van der Waals surface area (Å²) in [5, 5.41) is 7.44. The predicted octanol–water partition coefficient (Wildman–Crippen LogP) is 1.50. The molecule has 1 aliphatic rings. The van der Waals surface area contributed by atoms with Gasteiger partial charge in [0.15, 0.2) is 5.65 Å². The first-order chi connectivity index (χ1) is 8.68. The highest BCUT2D eigenvalue weighted by atomic mass is 79.9. The number of morpholine rings is 1. The minimum absolute atomic E-state index is 0.0952. The lowest BCUT2D eigenvalue weighted by molar-refractivity contribution is 0.0247. The quantitative estimate of drug-likeness (QED) is 0.788. The Bertz CT molecular complexity index is 593. The normalized spacial score (nSPS) is 20.4. The Morgan fingerprint density at radius 2 is 2.33 bits per heavy atom. The summed E-state index contributed by atoms with van der Waals surface area (Å²) in [5.74, 6) is 0.523. The van der Waals surface area contributed by atoms with Gasteiger partial charge in [0.2, 0.25) is 0 Å². The highest BCUT2D eigenvalue weighted by Crippen LogP contribution is 2.32. The summed E-state index contributed by atoms with van der Waals surface area (Å²) in [4.78, 5) is 4.58. The van der Waals surface area contributed by atoms with E-state index < -0.39 is 0 Å². The molecular weight excluding hydrogens is 366 g/mol. The molecule has 1 saturated heterocycles. The molecule has 1 aliphatic heterocycles. The lowest BCUT2D eigenvalue weighted by Crippen LogP contribution is -2.34. The maximum Gasteiger partial charge on any atom is 0.172 e. The number of hydrogen-bond donors (Lipinski definition) is 2. The molecule has 0 spiro atoms. The lowest BCUT2D eigenvalue weighted by atomic mass is 10.2. The van der Waals surface area contributed by atoms with Crippen LogP contribution < -0.4 is 11.1 Å². The largest absolute Gasteiger partial charge is 0.383 e. The van der Waals surface area contributed by atoms with E-state index in [0.29, 0.717) is 18.1 Å². The summed E-state index contributed by atoms with van der Waals surface area (Å²) in [6.07, 6.45) is 1.58. The fourth-order valence-corrected chi connectivity index (χ4v) is 2.80. The first-order valence-electron chi connectivity index (χ1n) is 5.49. The molecule has 2 aromatic heterocycles. The van der Waals surface area contributed by atoms with Crippen molar-refractivity contribution >= 4 is 43.3 Å². The molecule has 3 N–H and O–H groups in total. The number of anilines is 1. The third kappa shape index (κ3) is 1.93. The molecule has 0 aromatic carbocycles. The van der Waals surface area contributed by atoms with Crippen LogP contribution in [0, 0.1) is 0 Å². The second-order valence-electron chi connectivity index (χ2n) is 3.99. The van der Waals surface area contributed by atoms with Crippen LogP contribution in [-0.4, -0.2) is 34.3 Å². The van der Waals surface area contributed by atoms with Gasteiger partial charge in [0.1, 0.15) is 11.9 Å². The van der Waals surface area contributed by atoms with Crippen molar-refractivity contribution in [2.75, 3.05) is 25.4 Å². The van der Waals surface area contributed by atoms with E-state index in [2.05, 4.69) is 47.3 Å². The first-order valence-corrected chi connectivity index (χ1v) is 7.07. The number of halogens is 2. The van der Waals surface area contributed by atoms with Crippen LogP contribution in [0.1, 0.15) is 11.8 Å². The highest BCUT2D eigenvalue weighted by Gasteiger charge is 2.23. The summed E-state index contributed by atoms with van der Waals surface area (Å²) in [6.45, 7) is 2.26. The van der Waals surface area contributed by atoms with Crippen molar-refractivity contribution in [2.24, 2.45) is 0 Å². The second kappa shape index (κ2) is 4.76. The zero-order valence-corrected chi connectivity index (χ0v) is 12.5. The molecule has 0 amide bonds. The van der Waals surface area contributed by atoms with Gasteiger partial charge in [-0.2, -0.15) is 9.61 Å². The Morgan fingerprint density at radius 1 is 1.50 bits per heavy atom. The van der Waals surface area contributed by atoms with Crippen molar-refractivity contribution in [3.05, 3.63) is 20.8 Å². The molecule has 6 nitrogen and oxygen atoms in total. The summed E-state index contributed by atoms with van der Waals surface area (Å²) in [7, 11) is 0. The lowest BCUT2D eigenvalue weighted by Gasteiger charge is -2.24. The van der Waals surface area contributed by atoms with Crippen molar-refractivity contribution < 1.29 is 4.74 Å². The van der Waals surface area contributed by atoms with E-state index in [9.17, 15) is 0 Å². The summed E-state index contributed by atoms with van der Waals surface area (Å²) >= 11 is 6.89. The molecule has 0 aliphatic carbocycles. The first kappa shape index (κ1) is 12.3. The van der Waals surface area contributed by atoms with Crippen molar-refractivity contribution in [2.45, 2.75) is 6.10 Å². The SMILES string of the molecule is Nc1c(Br)c(C2CNCCO2)nc2c(Br)cnn12. The fraction of sp³-hybridized carbons (Fsp3) is 0.400. The average Bonchev–Trinajstić information content (AvgIpc) is 2.77. The monoisotopic (exact) mass is 375 g/mol. The van der Waals surface area contributed by atoms with Crippen LogP contribution in [0.15, 0.2) is 15.1 Å². The van der Waals surface area contributed by atoms with Crippen molar-refractivity contribution in [3.63, 3.8) is 0 Å². The number of rotatable bonds is 1. The van der Waals surface area contributed by atoms with Crippen LogP contribution >= 0.6 is 31.9 Å². The van der Waals surface area contributed by atoms with Gasteiger partial charge in [-0.25, -0.2) is 4.98 Å². The topological polar surface area (TPSA) is 77.5 Å². The van der Waals surface area contributed by atoms with Crippen LogP contribution in [0.25, 0.3) is 5.65 Å². The number of ether oxygens (including phenoxy) is 1. The Labute approximate surface area is 120 Å². The van der Waals surface area contributed by atoms with E-state index in [4.69, 9.17) is 10.5 Å². The summed E-state index contributed by atoms with van der Waals surface area (Å²) in [5.41, 5.74) is 7.55. The Hall–Kier alpha value is -0.700. The van der Waals surface area contributed by atoms with Crippen LogP contribution in [0.2, 0.25) is 0 Å². The molecule has 0 bridgehead atoms. The van der Waals surface area contributed by atoms with Crippen LogP contribution in [0.5, 0.6) is 0 Å². The Kier molecular flexibility index (Phi) is 3.27. The van der Waals surface area contributed by atoms with Crippen LogP contribution in [0.4, 0.5) is 5.82 Å². The molecule has 18 heavy (non-hydrogen) atoms. The van der Waals surface area contributed by atoms with E-state index in [1.54, 1.807) is 10.7 Å². The van der Waals surface area contributed by atoms with E-state index in [1.165, 1.54) is 0 Å². The zero-order chi connectivity index (χ0) is 12.7. The molecular formula is C10H11Br2N5O. The number of nitrogens with one attached hydrogen (secondary N) is 1. The molecule has 1 fully saturated rings. The second-order valence-corrected chi connectivity index (χ2v) is 5.64. The van der Waals surface area contributed by atoms with E-state index in [0.717, 1.165) is 27.7 Å². The van der Waals surface area contributed by atoms with Gasteiger partial charge in [-0.1, -0.05) is 0 Å². The van der Waals surface area contributed by atoms with Gasteiger partial charge in [-0.3, -0.25) is 0 Å². The fourth-order valence-electron chi connectivity index (χ4n) is 1.94. The van der Waals surface area contributed by atoms with Crippen molar-refractivity contribution in [1.29, 1.82) is 0 Å². The molecule has 0 radical (unpaired) electrons. The Balaban J connectivity index is 2.15. The number of nitrogens with two attached hydrogens (primary N) is 1.